The van der Waals surface area contributed by atoms with Gasteiger partial charge in [0.1, 0.15) is 0 Å². The smallest absolute Gasteiger partial charge is 0.0922 e. The molecular weight excluding hydrogens is 198 g/mol. The lowest BCUT2D eigenvalue weighted by atomic mass is 9.87. The van der Waals surface area contributed by atoms with Gasteiger partial charge in [0.15, 0.2) is 0 Å². The van der Waals surface area contributed by atoms with Crippen LogP contribution in [-0.4, -0.2) is 16.5 Å². The molecule has 0 radical (unpaired) electrons. The van der Waals surface area contributed by atoms with E-state index in [2.05, 4.69) is 36.1 Å². The summed E-state index contributed by atoms with van der Waals surface area (Å²) < 4.78 is 0. The Hall–Kier alpha value is -0.830. The zero-order valence-corrected chi connectivity index (χ0v) is 10.8. The summed E-state index contributed by atoms with van der Waals surface area (Å²) in [6, 6.07) is 0. The van der Waals surface area contributed by atoms with Gasteiger partial charge in [-0.1, -0.05) is 40.0 Å². The highest BCUT2D eigenvalue weighted by Crippen LogP contribution is 2.22. The minimum atomic E-state index is 0.398. The summed E-state index contributed by atoms with van der Waals surface area (Å²) in [5.41, 5.74) is 1.55. The Kier molecular flexibility index (Phi) is 5.53. The van der Waals surface area contributed by atoms with Crippen molar-refractivity contribution in [2.75, 3.05) is 6.54 Å². The molecule has 0 aliphatic carbocycles. The van der Waals surface area contributed by atoms with Gasteiger partial charge in [0.2, 0.25) is 0 Å². The summed E-state index contributed by atoms with van der Waals surface area (Å²) in [4.78, 5) is 7.10. The monoisotopic (exact) mass is 223 g/mol. The molecule has 0 fully saturated rings. The first-order valence-electron chi connectivity index (χ1n) is 6.32. The molecule has 16 heavy (non-hydrogen) atoms. The fourth-order valence-corrected chi connectivity index (χ4v) is 1.86. The molecule has 2 N–H and O–H groups in total. The van der Waals surface area contributed by atoms with Crippen LogP contribution < -0.4 is 5.32 Å². The molecule has 0 amide bonds. The van der Waals surface area contributed by atoms with Crippen molar-refractivity contribution < 1.29 is 0 Å². The normalized spacial score (nSPS) is 11.9. The first-order chi connectivity index (χ1) is 7.64. The highest BCUT2D eigenvalue weighted by molar-refractivity contribution is 4.93. The summed E-state index contributed by atoms with van der Waals surface area (Å²) >= 11 is 0. The molecule has 0 atom stereocenters. The van der Waals surface area contributed by atoms with Crippen LogP contribution in [0.4, 0.5) is 0 Å². The van der Waals surface area contributed by atoms with Crippen LogP contribution in [0.1, 0.15) is 52.1 Å². The zero-order chi connectivity index (χ0) is 11.9. The molecule has 1 aromatic heterocycles. The number of hydrogen-bond donors (Lipinski definition) is 2. The molecule has 0 aliphatic rings. The van der Waals surface area contributed by atoms with E-state index in [9.17, 15) is 0 Å². The molecule has 0 aliphatic heterocycles. The Balaban J connectivity index is 2.14. The van der Waals surface area contributed by atoms with Gasteiger partial charge in [0.05, 0.1) is 6.33 Å². The summed E-state index contributed by atoms with van der Waals surface area (Å²) in [7, 11) is 0. The minimum Gasteiger partial charge on any atom is -0.347 e. The van der Waals surface area contributed by atoms with Crippen molar-refractivity contribution >= 4 is 0 Å². The summed E-state index contributed by atoms with van der Waals surface area (Å²) in [6.07, 6.45) is 8.90. The lowest BCUT2D eigenvalue weighted by molar-refractivity contribution is 0.301. The molecule has 3 nitrogen and oxygen atoms in total. The van der Waals surface area contributed by atoms with Gasteiger partial charge >= 0.3 is 0 Å². The van der Waals surface area contributed by atoms with Crippen LogP contribution in [0.5, 0.6) is 0 Å². The van der Waals surface area contributed by atoms with Gasteiger partial charge in [-0.15, -0.1) is 0 Å². The number of imidazole rings is 1. The maximum atomic E-state index is 4.00. The molecule has 3 heteroatoms. The van der Waals surface area contributed by atoms with Crippen LogP contribution in [0.2, 0.25) is 0 Å². The Morgan fingerprint density at radius 3 is 2.81 bits per heavy atom. The molecule has 0 spiro atoms. The predicted molar refractivity (Wildman–Crippen MR) is 68.2 cm³/mol. The highest BCUT2D eigenvalue weighted by atomic mass is 14.9. The number of nitrogens with zero attached hydrogens (tertiary/aromatic N) is 1. The summed E-state index contributed by atoms with van der Waals surface area (Å²) in [5, 5.41) is 3.48. The third-order valence-corrected chi connectivity index (χ3v) is 2.93. The van der Waals surface area contributed by atoms with Crippen LogP contribution in [-0.2, 0) is 6.54 Å². The van der Waals surface area contributed by atoms with Gasteiger partial charge in [-0.3, -0.25) is 0 Å². The molecular formula is C13H25N3. The minimum absolute atomic E-state index is 0.398. The largest absolute Gasteiger partial charge is 0.347 e. The standard InChI is InChI=1S/C13H25N3/c1-4-5-6-7-13(2,3)10-14-8-12-9-15-11-16-12/h9,11,14H,4-8,10H2,1-3H3,(H,15,16). The average molecular weight is 223 g/mol. The zero-order valence-electron chi connectivity index (χ0n) is 10.8. The van der Waals surface area contributed by atoms with Crippen molar-refractivity contribution in [1.29, 1.82) is 0 Å². The van der Waals surface area contributed by atoms with Gasteiger partial charge in [0.25, 0.3) is 0 Å². The third-order valence-electron chi connectivity index (χ3n) is 2.93. The van der Waals surface area contributed by atoms with Gasteiger partial charge in [-0.05, 0) is 11.8 Å². The summed E-state index contributed by atoms with van der Waals surface area (Å²) in [5.74, 6) is 0. The van der Waals surface area contributed by atoms with Crippen LogP contribution >= 0.6 is 0 Å². The van der Waals surface area contributed by atoms with E-state index >= 15 is 0 Å². The topological polar surface area (TPSA) is 40.7 Å². The van der Waals surface area contributed by atoms with E-state index in [0.717, 1.165) is 18.8 Å². The second-order valence-corrected chi connectivity index (χ2v) is 5.30. The average Bonchev–Trinajstić information content (AvgIpc) is 2.70. The highest BCUT2D eigenvalue weighted by Gasteiger charge is 2.16. The number of aromatic nitrogens is 2. The Labute approximate surface area is 99.1 Å². The fraction of sp³-hybridized carbons (Fsp3) is 0.769. The van der Waals surface area contributed by atoms with E-state index in [-0.39, 0.29) is 0 Å². The molecule has 1 rings (SSSR count). The van der Waals surface area contributed by atoms with Crippen molar-refractivity contribution in [2.45, 2.75) is 53.0 Å². The van der Waals surface area contributed by atoms with E-state index in [1.807, 2.05) is 6.20 Å². The van der Waals surface area contributed by atoms with Gasteiger partial charge in [0, 0.05) is 25.0 Å². The maximum absolute atomic E-state index is 4.00. The van der Waals surface area contributed by atoms with E-state index < -0.39 is 0 Å². The maximum Gasteiger partial charge on any atom is 0.0922 e. The van der Waals surface area contributed by atoms with E-state index in [1.165, 1.54) is 25.7 Å². The van der Waals surface area contributed by atoms with Crippen LogP contribution in [0.25, 0.3) is 0 Å². The van der Waals surface area contributed by atoms with Crippen molar-refractivity contribution in [2.24, 2.45) is 5.41 Å². The number of rotatable bonds is 8. The van der Waals surface area contributed by atoms with Crippen LogP contribution in [0.15, 0.2) is 12.5 Å². The van der Waals surface area contributed by atoms with Crippen LogP contribution in [0.3, 0.4) is 0 Å². The lowest BCUT2D eigenvalue weighted by Gasteiger charge is -2.24. The fourth-order valence-electron chi connectivity index (χ4n) is 1.86. The first kappa shape index (κ1) is 13.2. The first-order valence-corrected chi connectivity index (χ1v) is 6.32. The predicted octanol–water partition coefficient (Wildman–Crippen LogP) is 3.11. The molecule has 0 saturated carbocycles. The Bertz CT molecular complexity index is 265. The number of unbranched alkanes of at least 4 members (excludes halogenated alkanes) is 2. The van der Waals surface area contributed by atoms with E-state index in [0.29, 0.717) is 5.41 Å². The molecule has 1 aromatic rings. The quantitative estimate of drug-likeness (QED) is 0.665. The Morgan fingerprint density at radius 2 is 2.19 bits per heavy atom. The Morgan fingerprint density at radius 1 is 1.38 bits per heavy atom. The van der Waals surface area contributed by atoms with Crippen molar-refractivity contribution in [3.05, 3.63) is 18.2 Å². The van der Waals surface area contributed by atoms with E-state index in [4.69, 9.17) is 0 Å². The molecule has 0 unspecified atom stereocenters. The second kappa shape index (κ2) is 6.69. The second-order valence-electron chi connectivity index (χ2n) is 5.30. The molecule has 0 aromatic carbocycles. The number of nitrogens with one attached hydrogen (secondary N) is 2. The van der Waals surface area contributed by atoms with E-state index in [1.54, 1.807) is 6.33 Å². The van der Waals surface area contributed by atoms with Gasteiger partial charge < -0.3 is 10.3 Å². The molecule has 1 heterocycles. The summed E-state index contributed by atoms with van der Waals surface area (Å²) in [6.45, 7) is 8.88. The van der Waals surface area contributed by atoms with Crippen molar-refractivity contribution in [1.82, 2.24) is 15.3 Å². The SMILES string of the molecule is CCCCCC(C)(C)CNCc1cnc[nH]1. The van der Waals surface area contributed by atoms with Crippen molar-refractivity contribution in [3.63, 3.8) is 0 Å². The molecule has 0 bridgehead atoms. The van der Waals surface area contributed by atoms with Crippen LogP contribution in [0, 0.1) is 5.41 Å². The molecule has 92 valence electrons. The van der Waals surface area contributed by atoms with Gasteiger partial charge in [-0.2, -0.15) is 0 Å². The molecule has 0 saturated heterocycles. The third kappa shape index (κ3) is 5.31. The number of H-pyrrole nitrogens is 1. The van der Waals surface area contributed by atoms with Crippen molar-refractivity contribution in [3.8, 4) is 0 Å². The number of aromatic amines is 1. The lowest BCUT2D eigenvalue weighted by Crippen LogP contribution is -2.29. The van der Waals surface area contributed by atoms with Gasteiger partial charge in [-0.25, -0.2) is 4.98 Å². The number of hydrogen-bond acceptors (Lipinski definition) is 2.